The quantitative estimate of drug-likeness (QED) is 0.159. The molecule has 0 saturated carbocycles. The van der Waals surface area contributed by atoms with Crippen molar-refractivity contribution in [2.24, 2.45) is 7.05 Å². The summed E-state index contributed by atoms with van der Waals surface area (Å²) in [5.74, 6) is 0.298. The zero-order valence-corrected chi connectivity index (χ0v) is 24.0. The van der Waals surface area contributed by atoms with Crippen molar-refractivity contribution in [3.05, 3.63) is 107 Å². The Bertz CT molecular complexity index is 1610. The zero-order valence-electron chi connectivity index (χ0n) is 21.9. The second-order valence-electron chi connectivity index (χ2n) is 9.76. The Morgan fingerprint density at radius 2 is 1.79 bits per heavy atom. The van der Waals surface area contributed by atoms with Gasteiger partial charge in [-0.25, -0.2) is 9.36 Å². The van der Waals surface area contributed by atoms with Gasteiger partial charge in [0.25, 0.3) is 0 Å². The lowest BCUT2D eigenvalue weighted by Crippen LogP contribution is -3.00. The highest BCUT2D eigenvalue weighted by Crippen LogP contribution is 2.49. The summed E-state index contributed by atoms with van der Waals surface area (Å²) in [5.41, 5.74) is 5.32. The van der Waals surface area contributed by atoms with Gasteiger partial charge in [-0.1, -0.05) is 36.4 Å². The van der Waals surface area contributed by atoms with Crippen molar-refractivity contribution < 1.29 is 47.6 Å². The van der Waals surface area contributed by atoms with Crippen molar-refractivity contribution in [1.82, 2.24) is 0 Å². The molecule has 4 aromatic rings. The third-order valence-corrected chi connectivity index (χ3v) is 7.31. The number of pyridine rings is 1. The lowest BCUT2D eigenvalue weighted by molar-refractivity contribution is -0.671. The molecule has 1 aliphatic carbocycles. The number of nitrogens with zero attached hydrogens (tertiary/aromatic N) is 1. The van der Waals surface area contributed by atoms with E-state index in [0.717, 1.165) is 51.7 Å². The van der Waals surface area contributed by atoms with Gasteiger partial charge in [-0.2, -0.15) is 0 Å². The number of nitrogens with one attached hydrogen (secondary N) is 1. The fourth-order valence-electron chi connectivity index (χ4n) is 5.54. The van der Waals surface area contributed by atoms with Crippen LogP contribution in [0.3, 0.4) is 0 Å². The molecule has 2 aliphatic rings. The Morgan fingerprint density at radius 1 is 1.00 bits per heavy atom. The van der Waals surface area contributed by atoms with Crippen LogP contribution in [0.5, 0.6) is 11.5 Å². The predicted octanol–water partition coefficient (Wildman–Crippen LogP) is 2.85. The summed E-state index contributed by atoms with van der Waals surface area (Å²) in [5, 5.41) is 5.81. The van der Waals surface area contributed by atoms with E-state index in [0.29, 0.717) is 30.1 Å². The number of aromatic nitrogens is 1. The average Bonchev–Trinajstić information content (AvgIpc) is 2.93. The summed E-state index contributed by atoms with van der Waals surface area (Å²) in [4.78, 5) is 26.2. The van der Waals surface area contributed by atoms with Gasteiger partial charge >= 0.3 is 5.97 Å². The molecule has 0 saturated heterocycles. The van der Waals surface area contributed by atoms with Crippen LogP contribution in [0.2, 0.25) is 0 Å². The van der Waals surface area contributed by atoms with Gasteiger partial charge in [-0.05, 0) is 59.9 Å². The first-order valence-electron chi connectivity index (χ1n) is 13.0. The van der Waals surface area contributed by atoms with Gasteiger partial charge in [0.15, 0.2) is 29.7 Å². The molecule has 0 amide bonds. The van der Waals surface area contributed by atoms with Crippen molar-refractivity contribution in [3.8, 4) is 11.5 Å². The van der Waals surface area contributed by atoms with Crippen molar-refractivity contribution in [1.29, 1.82) is 0 Å². The maximum absolute atomic E-state index is 13.4. The fraction of sp³-hybridized carbons (Fsp3) is 0.219. The Balaban J connectivity index is 0.00000308. The number of anilines is 1. The smallest absolute Gasteiger partial charge is 0.344 e. The highest BCUT2D eigenvalue weighted by Gasteiger charge is 2.36. The van der Waals surface area contributed by atoms with Crippen LogP contribution in [0.4, 0.5) is 5.69 Å². The van der Waals surface area contributed by atoms with Crippen molar-refractivity contribution >= 4 is 28.2 Å². The molecule has 1 atom stereocenters. The molecular formula is C32H29IN2O4. The molecule has 1 aromatic heterocycles. The molecule has 0 bridgehead atoms. The van der Waals surface area contributed by atoms with Crippen LogP contribution in [-0.2, 0) is 11.8 Å². The summed E-state index contributed by atoms with van der Waals surface area (Å²) in [6, 6.07) is 21.6. The minimum atomic E-state index is -0.454. The van der Waals surface area contributed by atoms with Gasteiger partial charge in [0.05, 0.1) is 12.2 Å². The minimum absolute atomic E-state index is 0. The second-order valence-corrected chi connectivity index (χ2v) is 9.76. The number of benzene rings is 3. The molecule has 6 rings (SSSR count). The van der Waals surface area contributed by atoms with E-state index in [4.69, 9.17) is 9.47 Å². The Morgan fingerprint density at radius 3 is 2.59 bits per heavy atom. The molecule has 198 valence electrons. The molecule has 1 aliphatic heterocycles. The summed E-state index contributed by atoms with van der Waals surface area (Å²) < 4.78 is 13.6. The third kappa shape index (κ3) is 5.03. The minimum Gasteiger partial charge on any atom is -1.00 e. The van der Waals surface area contributed by atoms with Gasteiger partial charge < -0.3 is 38.8 Å². The van der Waals surface area contributed by atoms with E-state index in [1.54, 1.807) is 30.6 Å². The number of rotatable bonds is 5. The van der Waals surface area contributed by atoms with Crippen LogP contribution in [0.25, 0.3) is 10.8 Å². The monoisotopic (exact) mass is 632 g/mol. The Labute approximate surface area is 244 Å². The molecule has 1 N–H and O–H groups in total. The van der Waals surface area contributed by atoms with Gasteiger partial charge in [0.2, 0.25) is 0 Å². The number of hydrogen-bond acceptors (Lipinski definition) is 5. The van der Waals surface area contributed by atoms with Crippen molar-refractivity contribution in [3.63, 3.8) is 0 Å². The summed E-state index contributed by atoms with van der Waals surface area (Å²) in [6.07, 6.45) is 5.83. The molecule has 2 heterocycles. The number of ether oxygens (including phenoxy) is 2. The van der Waals surface area contributed by atoms with E-state index in [9.17, 15) is 9.59 Å². The number of hydrogen-bond donors (Lipinski definition) is 1. The molecular weight excluding hydrogens is 603 g/mol. The topological polar surface area (TPSA) is 68.5 Å². The van der Waals surface area contributed by atoms with E-state index in [1.807, 2.05) is 42.8 Å². The maximum Gasteiger partial charge on any atom is 0.344 e. The highest BCUT2D eigenvalue weighted by molar-refractivity contribution is 6.04. The Kier molecular flexibility index (Phi) is 7.70. The number of allylic oxidation sites excluding steroid dienone is 2. The van der Waals surface area contributed by atoms with E-state index < -0.39 is 5.97 Å². The van der Waals surface area contributed by atoms with Crippen LogP contribution >= 0.6 is 0 Å². The van der Waals surface area contributed by atoms with Crippen LogP contribution in [-0.4, -0.2) is 18.4 Å². The molecule has 7 heteroatoms. The van der Waals surface area contributed by atoms with Crippen LogP contribution in [0, 0.1) is 0 Å². The normalized spacial score (nSPS) is 16.1. The summed E-state index contributed by atoms with van der Waals surface area (Å²) >= 11 is 0. The molecule has 3 aromatic carbocycles. The number of ketones is 1. The van der Waals surface area contributed by atoms with Crippen LogP contribution < -0.4 is 43.3 Å². The van der Waals surface area contributed by atoms with Gasteiger partial charge in [-0.3, -0.25) is 4.79 Å². The first kappa shape index (κ1) is 26.9. The largest absolute Gasteiger partial charge is 1.00 e. The molecule has 1 unspecified atom stereocenters. The van der Waals surface area contributed by atoms with E-state index in [-0.39, 0.29) is 35.7 Å². The first-order chi connectivity index (χ1) is 18.5. The number of aryl methyl sites for hydroxylation is 1. The standard InChI is InChI=1S/C32H28N2O4.HI/c1-3-37-28-19-22(12-14-27(28)38-32(36)21-15-17-34(2)18-16-21)29-30-23-8-5-4-7-20(23)11-13-25(30)33-24-9-6-10-26(35)31(24)29;/h4-5,7-8,11-19,29H,3,6,9-10H2,1-2H3;1H. The van der Waals surface area contributed by atoms with Crippen molar-refractivity contribution in [2.45, 2.75) is 32.1 Å². The highest BCUT2D eigenvalue weighted by atomic mass is 127. The van der Waals surface area contributed by atoms with Crippen LogP contribution in [0.15, 0.2) is 90.4 Å². The number of fused-ring (bicyclic) bond motifs is 3. The lowest BCUT2D eigenvalue weighted by Gasteiger charge is -2.35. The molecule has 0 radical (unpaired) electrons. The summed E-state index contributed by atoms with van der Waals surface area (Å²) in [7, 11) is 1.89. The number of carbonyl (C=O) groups is 2. The molecule has 0 fully saturated rings. The van der Waals surface area contributed by atoms with Gasteiger partial charge in [-0.15, -0.1) is 0 Å². The lowest BCUT2D eigenvalue weighted by atomic mass is 9.74. The maximum atomic E-state index is 13.4. The van der Waals surface area contributed by atoms with Crippen molar-refractivity contribution in [2.75, 3.05) is 11.9 Å². The number of carbonyl (C=O) groups excluding carboxylic acids is 2. The van der Waals surface area contributed by atoms with E-state index >= 15 is 0 Å². The number of esters is 1. The van der Waals surface area contributed by atoms with E-state index in [2.05, 4.69) is 29.6 Å². The van der Waals surface area contributed by atoms with Gasteiger partial charge in [0.1, 0.15) is 7.05 Å². The fourth-order valence-corrected chi connectivity index (χ4v) is 5.54. The number of halogens is 1. The number of Topliss-reactive ketones (excluding diaryl/α,β-unsaturated/α-hetero) is 1. The average molecular weight is 632 g/mol. The zero-order chi connectivity index (χ0) is 26.2. The second kappa shape index (κ2) is 11.2. The SMILES string of the molecule is CCOc1cc(C2C3=C(CCCC3=O)Nc3ccc4ccccc4c32)ccc1OC(=O)c1cc[n+](C)cc1.[I-]. The first-order valence-corrected chi connectivity index (χ1v) is 13.0. The van der Waals surface area contributed by atoms with E-state index in [1.165, 1.54) is 0 Å². The third-order valence-electron chi connectivity index (χ3n) is 7.31. The van der Waals surface area contributed by atoms with Gasteiger partial charge in [0, 0.05) is 41.4 Å². The predicted molar refractivity (Wildman–Crippen MR) is 145 cm³/mol. The summed E-state index contributed by atoms with van der Waals surface area (Å²) in [6.45, 7) is 2.31. The van der Waals surface area contributed by atoms with Crippen LogP contribution in [0.1, 0.15) is 53.6 Å². The molecule has 0 spiro atoms. The molecule has 6 nitrogen and oxygen atoms in total. The molecule has 39 heavy (non-hydrogen) atoms. The Hall–Kier alpha value is -3.72.